The van der Waals surface area contributed by atoms with Crippen LogP contribution in [-0.4, -0.2) is 10.9 Å². The van der Waals surface area contributed by atoms with Crippen molar-refractivity contribution in [3.05, 3.63) is 56.7 Å². The molecule has 1 aromatic heterocycles. The van der Waals surface area contributed by atoms with Crippen molar-refractivity contribution in [1.82, 2.24) is 4.98 Å². The normalized spacial score (nSPS) is 10.3. The summed E-state index contributed by atoms with van der Waals surface area (Å²) in [7, 11) is 0. The molecule has 3 nitrogen and oxygen atoms in total. The van der Waals surface area contributed by atoms with Crippen molar-refractivity contribution in [2.45, 2.75) is 0 Å². The van der Waals surface area contributed by atoms with Gasteiger partial charge in [-0.3, -0.25) is 4.79 Å². The fourth-order valence-corrected chi connectivity index (χ4v) is 2.68. The van der Waals surface area contributed by atoms with E-state index in [1.165, 1.54) is 0 Å². The van der Waals surface area contributed by atoms with Crippen LogP contribution in [-0.2, 0) is 0 Å². The Morgan fingerprint density at radius 1 is 1.11 bits per heavy atom. The Bertz CT molecular complexity index is 629. The van der Waals surface area contributed by atoms with Crippen LogP contribution >= 0.6 is 31.9 Å². The molecule has 2 aromatic rings. The summed E-state index contributed by atoms with van der Waals surface area (Å²) in [4.78, 5) is 14.9. The lowest BCUT2D eigenvalue weighted by atomic mass is 10.2. The van der Waals surface area contributed by atoms with Crippen LogP contribution < -0.4 is 5.32 Å². The Morgan fingerprint density at radius 2 is 1.74 bits per heavy atom. The molecule has 1 heterocycles. The molecule has 0 atom stereocenters. The number of pyridine rings is 1. The zero-order chi connectivity index (χ0) is 14.0. The van der Waals surface area contributed by atoms with Crippen molar-refractivity contribution in [1.29, 1.82) is 0 Å². The van der Waals surface area contributed by atoms with E-state index in [-0.39, 0.29) is 5.69 Å². The van der Waals surface area contributed by atoms with Gasteiger partial charge in [0.2, 0.25) is 11.9 Å². The number of nitrogens with one attached hydrogen (secondary N) is 1. The third-order valence-corrected chi connectivity index (χ3v) is 3.10. The van der Waals surface area contributed by atoms with Gasteiger partial charge >= 0.3 is 0 Å². The Kier molecular flexibility index (Phi) is 4.26. The van der Waals surface area contributed by atoms with Gasteiger partial charge in [-0.05, 0) is 30.3 Å². The third kappa shape index (κ3) is 3.57. The summed E-state index contributed by atoms with van der Waals surface area (Å²) >= 11 is 6.49. The van der Waals surface area contributed by atoms with E-state index in [0.717, 1.165) is 12.1 Å². The van der Waals surface area contributed by atoms with E-state index in [1.807, 2.05) is 0 Å². The number of carbonyl (C=O) groups is 1. The monoisotopic (exact) mass is 390 g/mol. The Hall–Kier alpha value is -1.34. The Balaban J connectivity index is 2.25. The summed E-state index contributed by atoms with van der Waals surface area (Å²) in [6.07, 6.45) is 0. The first-order chi connectivity index (χ1) is 8.95. The molecule has 1 N–H and O–H groups in total. The molecule has 19 heavy (non-hydrogen) atoms. The van der Waals surface area contributed by atoms with Crippen LogP contribution in [0.15, 0.2) is 39.3 Å². The smallest absolute Gasteiger partial charge is 0.255 e. The highest BCUT2D eigenvalue weighted by atomic mass is 79.9. The van der Waals surface area contributed by atoms with Gasteiger partial charge in [0.1, 0.15) is 0 Å². The fourth-order valence-electron chi connectivity index (χ4n) is 1.38. The third-order valence-electron chi connectivity index (χ3n) is 2.19. The first kappa shape index (κ1) is 14.1. The van der Waals surface area contributed by atoms with Crippen LogP contribution in [0.4, 0.5) is 14.5 Å². The minimum atomic E-state index is -1.07. The molecule has 98 valence electrons. The molecule has 0 aliphatic rings. The lowest BCUT2D eigenvalue weighted by Gasteiger charge is -2.06. The molecule has 0 saturated heterocycles. The number of hydrogen-bond donors (Lipinski definition) is 1. The predicted molar refractivity (Wildman–Crippen MR) is 73.9 cm³/mol. The Morgan fingerprint density at radius 3 is 2.32 bits per heavy atom. The average molecular weight is 392 g/mol. The quantitative estimate of drug-likeness (QED) is 0.782. The van der Waals surface area contributed by atoms with E-state index in [4.69, 9.17) is 0 Å². The molecule has 2 rings (SSSR count). The van der Waals surface area contributed by atoms with Crippen molar-refractivity contribution in [3.63, 3.8) is 0 Å². The first-order valence-corrected chi connectivity index (χ1v) is 6.64. The van der Waals surface area contributed by atoms with Crippen LogP contribution in [0.5, 0.6) is 0 Å². The molecule has 0 spiro atoms. The molecule has 0 unspecified atom stereocenters. The number of aromatic nitrogens is 1. The zero-order valence-electron chi connectivity index (χ0n) is 9.25. The summed E-state index contributed by atoms with van der Waals surface area (Å²) in [5, 5.41) is 2.32. The molecule has 0 fully saturated rings. The first-order valence-electron chi connectivity index (χ1n) is 5.05. The fraction of sp³-hybridized carbons (Fsp3) is 0. The number of rotatable bonds is 2. The minimum Gasteiger partial charge on any atom is -0.318 e. The van der Waals surface area contributed by atoms with Crippen molar-refractivity contribution in [3.8, 4) is 0 Å². The summed E-state index contributed by atoms with van der Waals surface area (Å²) in [6.45, 7) is 0. The molecule has 0 aliphatic heterocycles. The van der Waals surface area contributed by atoms with Gasteiger partial charge in [-0.25, -0.2) is 0 Å². The highest BCUT2D eigenvalue weighted by Crippen LogP contribution is 2.21. The molecule has 1 aromatic carbocycles. The standard InChI is InChI=1S/C12H6Br2F2N2O/c13-7-3-6(4-8(14)5-7)12(19)17-9-1-2-10(15)18-11(9)16/h1-5H,(H,17,19). The number of hydrogen-bond acceptors (Lipinski definition) is 2. The molecular formula is C12H6Br2F2N2O. The predicted octanol–water partition coefficient (Wildman–Crippen LogP) is 4.14. The lowest BCUT2D eigenvalue weighted by Crippen LogP contribution is -2.13. The second-order valence-electron chi connectivity index (χ2n) is 3.58. The van der Waals surface area contributed by atoms with Crippen LogP contribution in [0.1, 0.15) is 10.4 Å². The molecule has 1 amide bonds. The number of nitrogens with zero attached hydrogens (tertiary/aromatic N) is 1. The van der Waals surface area contributed by atoms with Crippen LogP contribution in [0.25, 0.3) is 0 Å². The SMILES string of the molecule is O=C(Nc1ccc(F)nc1F)c1cc(Br)cc(Br)c1. The Labute approximate surface area is 124 Å². The van der Waals surface area contributed by atoms with Crippen molar-refractivity contribution >= 4 is 43.5 Å². The molecule has 7 heteroatoms. The van der Waals surface area contributed by atoms with E-state index in [0.29, 0.717) is 14.5 Å². The van der Waals surface area contributed by atoms with E-state index in [1.54, 1.807) is 18.2 Å². The van der Waals surface area contributed by atoms with Gasteiger partial charge in [0, 0.05) is 14.5 Å². The minimum absolute atomic E-state index is 0.178. The average Bonchev–Trinajstić information content (AvgIpc) is 2.31. The van der Waals surface area contributed by atoms with Crippen molar-refractivity contribution in [2.75, 3.05) is 5.32 Å². The van der Waals surface area contributed by atoms with Gasteiger partial charge in [-0.15, -0.1) is 0 Å². The molecule has 0 radical (unpaired) electrons. The van der Waals surface area contributed by atoms with Crippen LogP contribution in [0.3, 0.4) is 0 Å². The second kappa shape index (κ2) is 5.75. The largest absolute Gasteiger partial charge is 0.318 e. The van der Waals surface area contributed by atoms with Gasteiger partial charge < -0.3 is 5.32 Å². The summed E-state index contributed by atoms with van der Waals surface area (Å²) in [6, 6.07) is 7.00. The molecule has 0 bridgehead atoms. The second-order valence-corrected chi connectivity index (χ2v) is 5.42. The zero-order valence-corrected chi connectivity index (χ0v) is 12.4. The number of amides is 1. The maximum atomic E-state index is 13.3. The number of carbonyl (C=O) groups excluding carboxylic acids is 1. The van der Waals surface area contributed by atoms with Gasteiger partial charge in [0.15, 0.2) is 0 Å². The van der Waals surface area contributed by atoms with Gasteiger partial charge in [0.05, 0.1) is 5.69 Å². The lowest BCUT2D eigenvalue weighted by molar-refractivity contribution is 0.102. The van der Waals surface area contributed by atoms with Crippen LogP contribution in [0.2, 0.25) is 0 Å². The van der Waals surface area contributed by atoms with E-state index >= 15 is 0 Å². The molecular weight excluding hydrogens is 386 g/mol. The highest BCUT2D eigenvalue weighted by molar-refractivity contribution is 9.11. The van der Waals surface area contributed by atoms with Crippen molar-refractivity contribution < 1.29 is 13.6 Å². The maximum absolute atomic E-state index is 13.3. The van der Waals surface area contributed by atoms with Crippen LogP contribution in [0, 0.1) is 11.9 Å². The topological polar surface area (TPSA) is 42.0 Å². The van der Waals surface area contributed by atoms with Crippen molar-refractivity contribution in [2.24, 2.45) is 0 Å². The maximum Gasteiger partial charge on any atom is 0.255 e. The molecule has 0 aliphatic carbocycles. The van der Waals surface area contributed by atoms with Gasteiger partial charge in [0.25, 0.3) is 5.91 Å². The summed E-state index contributed by atoms with van der Waals surface area (Å²) < 4.78 is 27.3. The van der Waals surface area contributed by atoms with Gasteiger partial charge in [-0.1, -0.05) is 31.9 Å². The summed E-state index contributed by atoms with van der Waals surface area (Å²) in [5.74, 6) is -2.53. The highest BCUT2D eigenvalue weighted by Gasteiger charge is 2.12. The number of anilines is 1. The van der Waals surface area contributed by atoms with Gasteiger partial charge in [-0.2, -0.15) is 13.8 Å². The number of halogens is 4. The number of benzene rings is 1. The van der Waals surface area contributed by atoms with E-state index in [2.05, 4.69) is 42.2 Å². The van der Waals surface area contributed by atoms with E-state index < -0.39 is 17.8 Å². The molecule has 0 saturated carbocycles. The summed E-state index contributed by atoms with van der Waals surface area (Å²) in [5.41, 5.74) is 0.146. The van der Waals surface area contributed by atoms with E-state index in [9.17, 15) is 13.6 Å².